The summed E-state index contributed by atoms with van der Waals surface area (Å²) in [7, 11) is 1.51. The molecule has 2 N–H and O–H groups in total. The van der Waals surface area contributed by atoms with E-state index >= 15 is 0 Å². The van der Waals surface area contributed by atoms with E-state index in [0.29, 0.717) is 22.1 Å². The molecule has 0 unspecified atom stereocenters. The molecule has 4 amide bonds. The number of hydrogen-bond acceptors (Lipinski definition) is 5. The summed E-state index contributed by atoms with van der Waals surface area (Å²) in [5, 5.41) is 3.29. The van der Waals surface area contributed by atoms with Crippen molar-refractivity contribution in [1.82, 2.24) is 15.8 Å². The van der Waals surface area contributed by atoms with Crippen molar-refractivity contribution in [2.75, 3.05) is 13.7 Å². The van der Waals surface area contributed by atoms with E-state index in [9.17, 15) is 14.4 Å². The lowest BCUT2D eigenvalue weighted by Crippen LogP contribution is -2.49. The Morgan fingerprint density at radius 2 is 1.90 bits per heavy atom. The maximum absolute atomic E-state index is 12.9. The first-order valence-electron chi connectivity index (χ1n) is 9.06. The van der Waals surface area contributed by atoms with Gasteiger partial charge < -0.3 is 14.8 Å². The molecular weight excluding hydrogens is 374 g/mol. The smallest absolute Gasteiger partial charge is 0.344 e. The summed E-state index contributed by atoms with van der Waals surface area (Å²) in [5.74, 6) is -0.103. The van der Waals surface area contributed by atoms with E-state index in [1.54, 1.807) is 37.3 Å². The molecule has 1 atom stereocenters. The molecule has 8 nitrogen and oxygen atoms in total. The van der Waals surface area contributed by atoms with Crippen molar-refractivity contribution < 1.29 is 23.9 Å². The zero-order chi connectivity index (χ0) is 21.2. The summed E-state index contributed by atoms with van der Waals surface area (Å²) in [4.78, 5) is 37.5. The highest BCUT2D eigenvalue weighted by Gasteiger charge is 2.50. The first-order chi connectivity index (χ1) is 13.8. The van der Waals surface area contributed by atoms with Crippen molar-refractivity contribution in [3.05, 3.63) is 59.2 Å². The Morgan fingerprint density at radius 1 is 1.17 bits per heavy atom. The lowest BCUT2D eigenvalue weighted by molar-refractivity contribution is -0.139. The van der Waals surface area contributed by atoms with Gasteiger partial charge in [0.15, 0.2) is 6.61 Å². The van der Waals surface area contributed by atoms with Crippen LogP contribution in [0.25, 0.3) is 0 Å². The minimum Gasteiger partial charge on any atom is -0.497 e. The summed E-state index contributed by atoms with van der Waals surface area (Å²) in [6.45, 7) is 5.06. The van der Waals surface area contributed by atoms with Crippen LogP contribution in [0, 0.1) is 13.8 Å². The third kappa shape index (κ3) is 3.87. The second kappa shape index (κ2) is 7.83. The number of nitrogens with zero attached hydrogens (tertiary/aromatic N) is 1. The van der Waals surface area contributed by atoms with Crippen molar-refractivity contribution in [3.63, 3.8) is 0 Å². The van der Waals surface area contributed by atoms with Gasteiger partial charge in [-0.05, 0) is 55.7 Å². The Labute approximate surface area is 168 Å². The number of benzene rings is 2. The van der Waals surface area contributed by atoms with Gasteiger partial charge in [-0.2, -0.15) is 5.01 Å². The zero-order valence-electron chi connectivity index (χ0n) is 16.7. The van der Waals surface area contributed by atoms with Crippen molar-refractivity contribution >= 4 is 17.8 Å². The molecule has 0 aromatic heterocycles. The van der Waals surface area contributed by atoms with Gasteiger partial charge in [-0.1, -0.05) is 24.3 Å². The number of aryl methyl sites for hydroxylation is 1. The molecule has 1 aliphatic rings. The highest BCUT2D eigenvalue weighted by atomic mass is 16.5. The molecule has 29 heavy (non-hydrogen) atoms. The summed E-state index contributed by atoms with van der Waals surface area (Å²) >= 11 is 0. The van der Waals surface area contributed by atoms with Crippen LogP contribution >= 0.6 is 0 Å². The van der Waals surface area contributed by atoms with Crippen LogP contribution in [0.1, 0.15) is 23.6 Å². The Balaban J connectivity index is 1.69. The number of ether oxygens (including phenoxy) is 2. The molecule has 2 aromatic carbocycles. The highest BCUT2D eigenvalue weighted by molar-refractivity contribution is 6.08. The van der Waals surface area contributed by atoms with E-state index in [0.717, 1.165) is 11.1 Å². The van der Waals surface area contributed by atoms with E-state index in [2.05, 4.69) is 10.7 Å². The number of hydrogen-bond donors (Lipinski definition) is 2. The third-order valence-corrected chi connectivity index (χ3v) is 4.99. The predicted molar refractivity (Wildman–Crippen MR) is 105 cm³/mol. The van der Waals surface area contributed by atoms with E-state index in [4.69, 9.17) is 9.47 Å². The van der Waals surface area contributed by atoms with Crippen LogP contribution in [0.2, 0.25) is 0 Å². The number of amides is 4. The Hall–Kier alpha value is -3.55. The van der Waals surface area contributed by atoms with Gasteiger partial charge in [-0.25, -0.2) is 4.79 Å². The van der Waals surface area contributed by atoms with Crippen LogP contribution in [0.4, 0.5) is 4.79 Å². The van der Waals surface area contributed by atoms with Crippen LogP contribution < -0.4 is 20.2 Å². The average molecular weight is 397 g/mol. The number of carbonyl (C=O) groups excluding carboxylic acids is 3. The molecule has 0 bridgehead atoms. The van der Waals surface area contributed by atoms with Gasteiger partial charge in [0.2, 0.25) is 0 Å². The predicted octanol–water partition coefficient (Wildman–Crippen LogP) is 2.19. The minimum absolute atomic E-state index is 0.336. The first-order valence-corrected chi connectivity index (χ1v) is 9.06. The maximum atomic E-state index is 12.9. The van der Waals surface area contributed by atoms with E-state index in [1.165, 1.54) is 7.11 Å². The van der Waals surface area contributed by atoms with Gasteiger partial charge in [-0.3, -0.25) is 15.0 Å². The number of rotatable bonds is 6. The largest absolute Gasteiger partial charge is 0.497 e. The quantitative estimate of drug-likeness (QED) is 0.729. The molecule has 0 saturated carbocycles. The molecule has 0 radical (unpaired) electrons. The molecule has 1 aliphatic heterocycles. The van der Waals surface area contributed by atoms with Crippen LogP contribution in [0.3, 0.4) is 0 Å². The Morgan fingerprint density at radius 3 is 2.62 bits per heavy atom. The summed E-state index contributed by atoms with van der Waals surface area (Å²) in [5.41, 5.74) is 3.48. The van der Waals surface area contributed by atoms with Gasteiger partial charge >= 0.3 is 6.03 Å². The fourth-order valence-electron chi connectivity index (χ4n) is 3.05. The fraction of sp³-hybridized carbons (Fsp3) is 0.286. The van der Waals surface area contributed by atoms with Crippen molar-refractivity contribution in [2.45, 2.75) is 26.3 Å². The second-order valence-electron chi connectivity index (χ2n) is 6.95. The summed E-state index contributed by atoms with van der Waals surface area (Å²) < 4.78 is 10.7. The van der Waals surface area contributed by atoms with Crippen molar-refractivity contribution in [2.24, 2.45) is 0 Å². The normalized spacial score (nSPS) is 18.4. The monoisotopic (exact) mass is 397 g/mol. The number of methoxy groups -OCH3 is 1. The molecular formula is C21H23N3O5. The molecule has 0 spiro atoms. The SMILES string of the molecule is COc1cccc([C@@]2(C)NC(=O)N(NC(=O)COc3cccc(C)c3C)C2=O)c1. The standard InChI is InChI=1S/C21H23N3O5/c1-13-7-5-10-17(14(13)2)29-12-18(25)23-24-19(26)21(3,22-20(24)27)15-8-6-9-16(11-15)28-4/h5-11H,12H2,1-4H3,(H,22,27)(H,23,25)/t21-/m1/s1. The van der Waals surface area contributed by atoms with E-state index < -0.39 is 23.4 Å². The van der Waals surface area contributed by atoms with E-state index in [1.807, 2.05) is 26.0 Å². The van der Waals surface area contributed by atoms with Crippen molar-refractivity contribution in [3.8, 4) is 11.5 Å². The Kier molecular flexibility index (Phi) is 5.45. The van der Waals surface area contributed by atoms with Gasteiger partial charge in [0, 0.05) is 0 Å². The summed E-state index contributed by atoms with van der Waals surface area (Å²) in [6.07, 6.45) is 0. The molecule has 8 heteroatoms. The van der Waals surface area contributed by atoms with Crippen LogP contribution in [-0.4, -0.2) is 36.6 Å². The van der Waals surface area contributed by atoms with E-state index in [-0.39, 0.29) is 6.61 Å². The number of hydrazine groups is 1. The lowest BCUT2D eigenvalue weighted by atomic mass is 9.92. The minimum atomic E-state index is -1.33. The summed E-state index contributed by atoms with van der Waals surface area (Å²) in [6, 6.07) is 11.6. The van der Waals surface area contributed by atoms with Crippen molar-refractivity contribution in [1.29, 1.82) is 0 Å². The van der Waals surface area contributed by atoms with Gasteiger partial charge in [0.05, 0.1) is 7.11 Å². The third-order valence-electron chi connectivity index (χ3n) is 4.99. The van der Waals surface area contributed by atoms with Crippen LogP contribution in [-0.2, 0) is 15.1 Å². The van der Waals surface area contributed by atoms with Gasteiger partial charge in [-0.15, -0.1) is 0 Å². The number of imide groups is 1. The number of nitrogens with one attached hydrogen (secondary N) is 2. The molecule has 1 heterocycles. The van der Waals surface area contributed by atoms with Gasteiger partial charge in [0.1, 0.15) is 17.0 Å². The maximum Gasteiger partial charge on any atom is 0.344 e. The molecule has 3 rings (SSSR count). The number of carbonyl (C=O) groups is 3. The highest BCUT2D eigenvalue weighted by Crippen LogP contribution is 2.30. The molecule has 2 aromatic rings. The first kappa shape index (κ1) is 20.2. The topological polar surface area (TPSA) is 97.0 Å². The van der Waals surface area contributed by atoms with Gasteiger partial charge in [0.25, 0.3) is 11.8 Å². The average Bonchev–Trinajstić information content (AvgIpc) is 2.93. The second-order valence-corrected chi connectivity index (χ2v) is 6.95. The lowest BCUT2D eigenvalue weighted by Gasteiger charge is -2.22. The van der Waals surface area contributed by atoms with Crippen LogP contribution in [0.5, 0.6) is 11.5 Å². The molecule has 152 valence electrons. The van der Waals surface area contributed by atoms with Crippen LogP contribution in [0.15, 0.2) is 42.5 Å². The molecule has 0 aliphatic carbocycles. The Bertz CT molecular complexity index is 975. The number of urea groups is 1. The molecule has 1 saturated heterocycles. The molecule has 1 fully saturated rings. The fourth-order valence-corrected chi connectivity index (χ4v) is 3.05. The zero-order valence-corrected chi connectivity index (χ0v) is 16.7.